The Labute approximate surface area is 212 Å². The van der Waals surface area contributed by atoms with Crippen LogP contribution in [0.1, 0.15) is 28.1 Å². The third kappa shape index (κ3) is 4.98. The van der Waals surface area contributed by atoms with Crippen LogP contribution in [0.25, 0.3) is 5.69 Å². The first-order valence-corrected chi connectivity index (χ1v) is 12.1. The number of rotatable bonds is 5. The smallest absolute Gasteiger partial charge is 0.329 e. The second kappa shape index (κ2) is 10.7. The molecule has 0 unspecified atom stereocenters. The van der Waals surface area contributed by atoms with Crippen molar-refractivity contribution in [3.63, 3.8) is 0 Å². The molecule has 1 fully saturated rings. The van der Waals surface area contributed by atoms with Gasteiger partial charge in [-0.05, 0) is 57.0 Å². The average Bonchev–Trinajstić information content (AvgIpc) is 3.16. The zero-order valence-corrected chi connectivity index (χ0v) is 21.5. The number of nitrogens with one attached hydrogen (secondary N) is 1. The Morgan fingerprint density at radius 3 is 2.28 bits per heavy atom. The van der Waals surface area contributed by atoms with Crippen molar-refractivity contribution in [2.45, 2.75) is 27.7 Å². The number of aryl methyl sites for hydroxylation is 3. The van der Waals surface area contributed by atoms with Gasteiger partial charge in [0, 0.05) is 43.1 Å². The number of anilines is 1. The third-order valence-electron chi connectivity index (χ3n) is 6.69. The van der Waals surface area contributed by atoms with Crippen LogP contribution in [0.4, 0.5) is 5.69 Å². The minimum atomic E-state index is -0.736. The molecular formula is C28H33N5O3. The van der Waals surface area contributed by atoms with E-state index in [2.05, 4.69) is 52.0 Å². The molecule has 2 heterocycles. The summed E-state index contributed by atoms with van der Waals surface area (Å²) in [4.78, 5) is 28.9. The lowest BCUT2D eigenvalue weighted by Crippen LogP contribution is -2.52. The number of carbonyl (C=O) groups is 2. The van der Waals surface area contributed by atoms with E-state index in [-0.39, 0.29) is 0 Å². The van der Waals surface area contributed by atoms with Gasteiger partial charge in [-0.3, -0.25) is 9.59 Å². The summed E-state index contributed by atoms with van der Waals surface area (Å²) in [7, 11) is 1.64. The van der Waals surface area contributed by atoms with Crippen LogP contribution in [0.3, 0.4) is 0 Å². The summed E-state index contributed by atoms with van der Waals surface area (Å²) in [5.74, 6) is -0.519. The minimum Gasteiger partial charge on any atom is -0.495 e. The van der Waals surface area contributed by atoms with Crippen LogP contribution in [0, 0.1) is 27.7 Å². The highest BCUT2D eigenvalue weighted by Crippen LogP contribution is 2.28. The van der Waals surface area contributed by atoms with Crippen LogP contribution in [0.5, 0.6) is 5.75 Å². The number of piperazine rings is 1. The van der Waals surface area contributed by atoms with Gasteiger partial charge in [0.15, 0.2) is 0 Å². The molecule has 1 aromatic heterocycles. The summed E-state index contributed by atoms with van der Waals surface area (Å²) in [6.45, 7) is 10.4. The molecule has 4 rings (SSSR count). The van der Waals surface area contributed by atoms with Crippen LogP contribution in [-0.2, 0) is 9.59 Å². The van der Waals surface area contributed by atoms with Crippen LogP contribution < -0.4 is 15.1 Å². The Bertz CT molecular complexity index is 1280. The molecule has 1 saturated heterocycles. The quantitative estimate of drug-likeness (QED) is 0.339. The molecule has 3 aromatic rings. The standard InChI is InChI=1S/C28H33N5O3/c1-19-9-8-10-20(2)26(19)33-21(3)17-23(22(33)4)18-29-30-27(34)28(35)32-15-13-31(14-16-32)24-11-6-7-12-25(24)36-5/h6-12,17-18H,13-16H2,1-5H3,(H,30,34)/b29-18-. The van der Waals surface area contributed by atoms with Gasteiger partial charge in [0.1, 0.15) is 5.75 Å². The van der Waals surface area contributed by atoms with E-state index in [9.17, 15) is 9.59 Å². The number of methoxy groups -OCH3 is 1. The van der Waals surface area contributed by atoms with Crippen molar-refractivity contribution >= 4 is 23.7 Å². The molecule has 8 heteroatoms. The Hall–Kier alpha value is -4.07. The predicted octanol–water partition coefficient (Wildman–Crippen LogP) is 3.52. The molecule has 0 bridgehead atoms. The second-order valence-corrected chi connectivity index (χ2v) is 9.05. The molecule has 8 nitrogen and oxygen atoms in total. The molecule has 0 aliphatic carbocycles. The molecule has 36 heavy (non-hydrogen) atoms. The van der Waals surface area contributed by atoms with E-state index in [0.717, 1.165) is 34.1 Å². The fraction of sp³-hybridized carbons (Fsp3) is 0.321. The summed E-state index contributed by atoms with van der Waals surface area (Å²) in [5, 5.41) is 4.08. The van der Waals surface area contributed by atoms with E-state index in [1.807, 2.05) is 44.2 Å². The van der Waals surface area contributed by atoms with Gasteiger partial charge in [-0.15, -0.1) is 0 Å². The zero-order valence-electron chi connectivity index (χ0n) is 21.5. The monoisotopic (exact) mass is 487 g/mol. The molecule has 0 saturated carbocycles. The van der Waals surface area contributed by atoms with Gasteiger partial charge >= 0.3 is 11.8 Å². The van der Waals surface area contributed by atoms with Crippen molar-refractivity contribution in [2.24, 2.45) is 5.10 Å². The van der Waals surface area contributed by atoms with Gasteiger partial charge in [0.2, 0.25) is 0 Å². The summed E-state index contributed by atoms with van der Waals surface area (Å²) in [6, 6.07) is 16.1. The van der Waals surface area contributed by atoms with Crippen molar-refractivity contribution in [1.29, 1.82) is 0 Å². The lowest BCUT2D eigenvalue weighted by Gasteiger charge is -2.36. The first kappa shape index (κ1) is 25.0. The van der Waals surface area contributed by atoms with Crippen LogP contribution in [-0.4, -0.2) is 60.8 Å². The third-order valence-corrected chi connectivity index (χ3v) is 6.69. The maximum atomic E-state index is 12.7. The maximum Gasteiger partial charge on any atom is 0.329 e. The largest absolute Gasteiger partial charge is 0.495 e. The molecule has 2 aromatic carbocycles. The first-order chi connectivity index (χ1) is 17.3. The molecular weight excluding hydrogens is 454 g/mol. The van der Waals surface area contributed by atoms with E-state index >= 15 is 0 Å². The van der Waals surface area contributed by atoms with E-state index in [1.165, 1.54) is 11.1 Å². The van der Waals surface area contributed by atoms with Gasteiger partial charge < -0.3 is 19.1 Å². The van der Waals surface area contributed by atoms with Crippen LogP contribution >= 0.6 is 0 Å². The highest BCUT2D eigenvalue weighted by Gasteiger charge is 2.27. The van der Waals surface area contributed by atoms with Crippen molar-refractivity contribution in [1.82, 2.24) is 14.9 Å². The number of aromatic nitrogens is 1. The Balaban J connectivity index is 1.37. The number of ether oxygens (including phenoxy) is 1. The number of benzene rings is 2. The molecule has 0 radical (unpaired) electrons. The molecule has 1 N–H and O–H groups in total. The number of carbonyl (C=O) groups excluding carboxylic acids is 2. The van der Waals surface area contributed by atoms with Gasteiger partial charge in [-0.25, -0.2) is 5.43 Å². The number of hydrogen-bond donors (Lipinski definition) is 1. The Morgan fingerprint density at radius 2 is 1.61 bits per heavy atom. The van der Waals surface area contributed by atoms with Crippen LogP contribution in [0.2, 0.25) is 0 Å². The number of hydrogen-bond acceptors (Lipinski definition) is 5. The molecule has 0 atom stereocenters. The topological polar surface area (TPSA) is 79.2 Å². The summed E-state index contributed by atoms with van der Waals surface area (Å²) < 4.78 is 7.64. The summed E-state index contributed by atoms with van der Waals surface area (Å²) in [6.07, 6.45) is 1.59. The average molecular weight is 488 g/mol. The Morgan fingerprint density at radius 1 is 0.944 bits per heavy atom. The van der Waals surface area contributed by atoms with E-state index < -0.39 is 11.8 Å². The van der Waals surface area contributed by atoms with Crippen molar-refractivity contribution in [3.8, 4) is 11.4 Å². The molecule has 188 valence electrons. The molecule has 0 spiro atoms. The van der Waals surface area contributed by atoms with Crippen molar-refractivity contribution in [3.05, 3.63) is 76.6 Å². The first-order valence-electron chi connectivity index (χ1n) is 12.1. The molecule has 1 aliphatic heterocycles. The summed E-state index contributed by atoms with van der Waals surface area (Å²) in [5.41, 5.74) is 9.88. The van der Waals surface area contributed by atoms with Crippen molar-refractivity contribution in [2.75, 3.05) is 38.2 Å². The van der Waals surface area contributed by atoms with E-state index in [1.54, 1.807) is 18.2 Å². The van der Waals surface area contributed by atoms with Crippen LogP contribution in [0.15, 0.2) is 53.6 Å². The SMILES string of the molecule is COc1ccccc1N1CCN(C(=O)C(=O)N/N=C\c2cc(C)n(-c3c(C)cccc3C)c2C)CC1. The molecule has 1 aliphatic rings. The van der Waals surface area contributed by atoms with Gasteiger partial charge in [-0.2, -0.15) is 5.10 Å². The predicted molar refractivity (Wildman–Crippen MR) is 142 cm³/mol. The minimum absolute atomic E-state index is 0.449. The zero-order chi connectivity index (χ0) is 25.8. The number of para-hydroxylation sites is 3. The molecule has 2 amide bonds. The van der Waals surface area contributed by atoms with E-state index in [0.29, 0.717) is 26.2 Å². The number of amides is 2. The fourth-order valence-corrected chi connectivity index (χ4v) is 4.81. The second-order valence-electron chi connectivity index (χ2n) is 9.05. The highest BCUT2D eigenvalue weighted by molar-refractivity contribution is 6.35. The highest BCUT2D eigenvalue weighted by atomic mass is 16.5. The normalized spacial score (nSPS) is 13.8. The summed E-state index contributed by atoms with van der Waals surface area (Å²) >= 11 is 0. The lowest BCUT2D eigenvalue weighted by molar-refractivity contribution is -0.146. The maximum absolute atomic E-state index is 12.7. The fourth-order valence-electron chi connectivity index (χ4n) is 4.81. The number of nitrogens with zero attached hydrogens (tertiary/aromatic N) is 4. The van der Waals surface area contributed by atoms with Gasteiger partial charge in [0.25, 0.3) is 0 Å². The Kier molecular flexibility index (Phi) is 7.43. The van der Waals surface area contributed by atoms with Gasteiger partial charge in [-0.1, -0.05) is 30.3 Å². The lowest BCUT2D eigenvalue weighted by atomic mass is 10.1. The van der Waals surface area contributed by atoms with Gasteiger partial charge in [0.05, 0.1) is 24.7 Å². The van der Waals surface area contributed by atoms with E-state index in [4.69, 9.17) is 4.74 Å². The van der Waals surface area contributed by atoms with Crippen molar-refractivity contribution < 1.29 is 14.3 Å². The number of hydrazone groups is 1.